The van der Waals surface area contributed by atoms with Gasteiger partial charge in [-0.1, -0.05) is 17.7 Å². The molecule has 2 aliphatic rings. The van der Waals surface area contributed by atoms with Crippen LogP contribution in [0.3, 0.4) is 0 Å². The summed E-state index contributed by atoms with van der Waals surface area (Å²) in [5.41, 5.74) is 2.15. The van der Waals surface area contributed by atoms with E-state index in [-0.39, 0.29) is 23.9 Å². The van der Waals surface area contributed by atoms with Crippen LogP contribution in [0, 0.1) is 5.82 Å². The maximum atomic E-state index is 14.6. The molecule has 1 amide bonds. The molecule has 0 saturated carbocycles. The summed E-state index contributed by atoms with van der Waals surface area (Å²) >= 11 is 6.15. The van der Waals surface area contributed by atoms with E-state index in [4.69, 9.17) is 16.3 Å². The van der Waals surface area contributed by atoms with Gasteiger partial charge in [-0.2, -0.15) is 0 Å². The summed E-state index contributed by atoms with van der Waals surface area (Å²) in [5.74, 6) is 0.209. The number of nitrogens with one attached hydrogen (secondary N) is 2. The van der Waals surface area contributed by atoms with Crippen molar-refractivity contribution in [3.63, 3.8) is 0 Å². The Morgan fingerprint density at radius 2 is 2.07 bits per heavy atom. The summed E-state index contributed by atoms with van der Waals surface area (Å²) in [6.07, 6.45) is 0.267. The van der Waals surface area contributed by atoms with E-state index in [0.29, 0.717) is 28.4 Å². The Bertz CT molecular complexity index is 886. The van der Waals surface area contributed by atoms with Crippen LogP contribution < -0.4 is 15.4 Å². The van der Waals surface area contributed by atoms with Gasteiger partial charge in [0.1, 0.15) is 17.7 Å². The fourth-order valence-corrected chi connectivity index (χ4v) is 4.30. The number of amides is 1. The number of hydrogen-bond donors (Lipinski definition) is 2. The normalized spacial score (nSPS) is 22.0. The number of ether oxygens (including phenoxy) is 1. The molecule has 1 heterocycles. The van der Waals surface area contributed by atoms with Gasteiger partial charge >= 0.3 is 0 Å². The molecule has 28 heavy (non-hydrogen) atoms. The van der Waals surface area contributed by atoms with E-state index in [2.05, 4.69) is 15.5 Å². The van der Waals surface area contributed by atoms with Gasteiger partial charge in [0.15, 0.2) is 0 Å². The van der Waals surface area contributed by atoms with Crippen molar-refractivity contribution in [2.75, 3.05) is 31.5 Å². The number of anilines is 1. The Labute approximate surface area is 168 Å². The molecule has 7 heteroatoms. The number of hydrogen-bond acceptors (Lipinski definition) is 4. The van der Waals surface area contributed by atoms with Gasteiger partial charge in [-0.25, -0.2) is 4.39 Å². The van der Waals surface area contributed by atoms with Gasteiger partial charge in [0.05, 0.1) is 6.04 Å². The molecule has 0 bridgehead atoms. The average molecular weight is 404 g/mol. The highest BCUT2D eigenvalue weighted by atomic mass is 35.5. The van der Waals surface area contributed by atoms with E-state index in [9.17, 15) is 9.18 Å². The average Bonchev–Trinajstić information content (AvgIpc) is 3.01. The first kappa shape index (κ1) is 19.2. The summed E-state index contributed by atoms with van der Waals surface area (Å²) < 4.78 is 21.0. The number of benzene rings is 2. The van der Waals surface area contributed by atoms with Crippen LogP contribution in [0.25, 0.3) is 0 Å². The van der Waals surface area contributed by atoms with Crippen molar-refractivity contribution in [2.24, 2.45) is 0 Å². The van der Waals surface area contributed by atoms with Gasteiger partial charge in [-0.05, 0) is 36.2 Å². The van der Waals surface area contributed by atoms with Crippen LogP contribution >= 0.6 is 11.6 Å². The van der Waals surface area contributed by atoms with E-state index in [1.165, 1.54) is 13.0 Å². The van der Waals surface area contributed by atoms with Crippen molar-refractivity contribution in [1.29, 1.82) is 0 Å². The van der Waals surface area contributed by atoms with Gasteiger partial charge in [0, 0.05) is 55.4 Å². The van der Waals surface area contributed by atoms with Crippen molar-refractivity contribution in [3.8, 4) is 5.75 Å². The largest absolute Gasteiger partial charge is 0.484 e. The summed E-state index contributed by atoms with van der Waals surface area (Å²) in [6.45, 7) is 5.05. The molecule has 1 aliphatic carbocycles. The summed E-state index contributed by atoms with van der Waals surface area (Å²) in [6, 6.07) is 10.5. The minimum Gasteiger partial charge on any atom is -0.484 e. The Kier molecular flexibility index (Phi) is 5.53. The second kappa shape index (κ2) is 8.07. The van der Waals surface area contributed by atoms with Gasteiger partial charge in [-0.3, -0.25) is 9.69 Å². The van der Waals surface area contributed by atoms with Gasteiger partial charge in [0.2, 0.25) is 5.91 Å². The molecule has 1 aliphatic heterocycles. The fourth-order valence-electron chi connectivity index (χ4n) is 4.09. The van der Waals surface area contributed by atoms with Crippen LogP contribution in [0.4, 0.5) is 10.1 Å². The van der Waals surface area contributed by atoms with Crippen LogP contribution in [0.1, 0.15) is 24.2 Å². The second-order valence-electron chi connectivity index (χ2n) is 7.26. The highest BCUT2D eigenvalue weighted by molar-refractivity contribution is 6.30. The zero-order valence-electron chi connectivity index (χ0n) is 15.7. The summed E-state index contributed by atoms with van der Waals surface area (Å²) in [7, 11) is 0. The van der Waals surface area contributed by atoms with Crippen molar-refractivity contribution < 1.29 is 13.9 Å². The smallest absolute Gasteiger partial charge is 0.221 e. The van der Waals surface area contributed by atoms with Crippen molar-refractivity contribution >= 4 is 23.2 Å². The standard InChI is InChI=1S/C21H23ClFN3O2/c1-13(27)25-15-3-2-4-16(11-15)28-21-18-9-14(22)10-19(23)17(18)12-20(21)26-7-5-24-6-8-26/h2-4,9-11,20-21,24H,5-8,12H2,1H3,(H,25,27)/t20-,21-/m0/s1. The van der Waals surface area contributed by atoms with Crippen LogP contribution in [0.15, 0.2) is 36.4 Å². The van der Waals surface area contributed by atoms with Crippen molar-refractivity contribution in [3.05, 3.63) is 58.4 Å². The van der Waals surface area contributed by atoms with Crippen molar-refractivity contribution in [2.45, 2.75) is 25.5 Å². The third-order valence-electron chi connectivity index (χ3n) is 5.30. The Morgan fingerprint density at radius 3 is 2.82 bits per heavy atom. The number of carbonyl (C=O) groups is 1. The van der Waals surface area contributed by atoms with Crippen LogP contribution in [0.5, 0.6) is 5.75 Å². The molecule has 2 aromatic rings. The molecule has 0 spiro atoms. The zero-order valence-corrected chi connectivity index (χ0v) is 16.4. The zero-order chi connectivity index (χ0) is 19.7. The van der Waals surface area contributed by atoms with E-state index in [1.807, 2.05) is 18.2 Å². The third-order valence-corrected chi connectivity index (χ3v) is 5.52. The molecule has 5 nitrogen and oxygen atoms in total. The molecule has 148 valence electrons. The first-order chi connectivity index (χ1) is 13.5. The third kappa shape index (κ3) is 3.99. The summed E-state index contributed by atoms with van der Waals surface area (Å²) in [5, 5.41) is 6.49. The van der Waals surface area contributed by atoms with Crippen molar-refractivity contribution in [1.82, 2.24) is 10.2 Å². The lowest BCUT2D eigenvalue weighted by atomic mass is 10.1. The number of rotatable bonds is 4. The predicted octanol–water partition coefficient (Wildman–Crippen LogP) is 3.39. The lowest BCUT2D eigenvalue weighted by Gasteiger charge is -2.36. The molecule has 2 aromatic carbocycles. The quantitative estimate of drug-likeness (QED) is 0.821. The number of carbonyl (C=O) groups excluding carboxylic acids is 1. The number of fused-ring (bicyclic) bond motifs is 1. The minimum atomic E-state index is -0.325. The molecule has 2 N–H and O–H groups in total. The SMILES string of the molecule is CC(=O)Nc1cccc(O[C@H]2c3cc(Cl)cc(F)c3C[C@@H]2N2CCNCC2)c1. The number of halogens is 2. The molecule has 4 rings (SSSR count). The Morgan fingerprint density at radius 1 is 1.29 bits per heavy atom. The molecule has 1 saturated heterocycles. The van der Waals surface area contributed by atoms with Gasteiger partial charge < -0.3 is 15.4 Å². The number of nitrogens with zero attached hydrogens (tertiary/aromatic N) is 1. The fraction of sp³-hybridized carbons (Fsp3) is 0.381. The van der Waals surface area contributed by atoms with Gasteiger partial charge in [0.25, 0.3) is 0 Å². The Balaban J connectivity index is 1.66. The van der Waals surface area contributed by atoms with Crippen LogP contribution in [-0.4, -0.2) is 43.0 Å². The lowest BCUT2D eigenvalue weighted by Crippen LogP contribution is -2.50. The number of piperazine rings is 1. The monoisotopic (exact) mass is 403 g/mol. The van der Waals surface area contributed by atoms with Gasteiger partial charge in [-0.15, -0.1) is 0 Å². The van der Waals surface area contributed by atoms with E-state index in [1.54, 1.807) is 12.1 Å². The lowest BCUT2D eigenvalue weighted by molar-refractivity contribution is -0.114. The predicted molar refractivity (Wildman–Crippen MR) is 107 cm³/mol. The van der Waals surface area contributed by atoms with E-state index < -0.39 is 0 Å². The molecule has 0 unspecified atom stereocenters. The molecular formula is C21H23ClFN3O2. The van der Waals surface area contributed by atoms with Crippen LogP contribution in [-0.2, 0) is 11.2 Å². The Hall–Kier alpha value is -2.15. The van der Waals surface area contributed by atoms with E-state index in [0.717, 1.165) is 31.7 Å². The first-order valence-corrected chi connectivity index (χ1v) is 9.86. The van der Waals surface area contributed by atoms with E-state index >= 15 is 0 Å². The molecular weight excluding hydrogens is 381 g/mol. The topological polar surface area (TPSA) is 53.6 Å². The molecule has 0 radical (unpaired) electrons. The molecule has 2 atom stereocenters. The maximum absolute atomic E-state index is 14.6. The van der Waals surface area contributed by atoms with Crippen LogP contribution in [0.2, 0.25) is 5.02 Å². The maximum Gasteiger partial charge on any atom is 0.221 e. The summed E-state index contributed by atoms with van der Waals surface area (Å²) in [4.78, 5) is 13.7. The minimum absolute atomic E-state index is 0.0366. The highest BCUT2D eigenvalue weighted by Gasteiger charge is 2.40. The highest BCUT2D eigenvalue weighted by Crippen LogP contribution is 2.41. The molecule has 0 aromatic heterocycles. The first-order valence-electron chi connectivity index (χ1n) is 9.48. The molecule has 1 fully saturated rings. The second-order valence-corrected chi connectivity index (χ2v) is 7.70.